The SMILES string of the molecule is CCCCCCC/C=C\C/C=C\C/C=C\CCCCCCCCCCCCC(=O)NC(COC1OC(CO)C(O)C(O)C1O)C(O)/C=C/CCCCCCCCCCCCCCCCCCCC. The highest BCUT2D eigenvalue weighted by molar-refractivity contribution is 5.76. The van der Waals surface area contributed by atoms with Crippen molar-refractivity contribution in [3.05, 3.63) is 48.6 Å². The van der Waals surface area contributed by atoms with E-state index in [0.717, 1.165) is 51.4 Å². The number of hydrogen-bond donors (Lipinski definition) is 6. The fourth-order valence-corrected chi connectivity index (χ4v) is 9.05. The zero-order valence-electron chi connectivity index (χ0n) is 44.1. The lowest BCUT2D eigenvalue weighted by molar-refractivity contribution is -0.302. The van der Waals surface area contributed by atoms with Gasteiger partial charge in [-0.25, -0.2) is 0 Å². The van der Waals surface area contributed by atoms with E-state index < -0.39 is 49.5 Å². The Morgan fingerprint density at radius 2 is 0.868 bits per heavy atom. The maximum atomic E-state index is 13.1. The smallest absolute Gasteiger partial charge is 0.220 e. The molecule has 0 aromatic heterocycles. The molecule has 0 radical (unpaired) electrons. The van der Waals surface area contributed by atoms with Crippen molar-refractivity contribution in [1.82, 2.24) is 5.32 Å². The number of carbonyl (C=O) groups is 1. The summed E-state index contributed by atoms with van der Waals surface area (Å²) in [5.74, 6) is -0.179. The molecular formula is C59H109NO8. The maximum Gasteiger partial charge on any atom is 0.220 e. The highest BCUT2D eigenvalue weighted by atomic mass is 16.7. The summed E-state index contributed by atoms with van der Waals surface area (Å²) in [7, 11) is 0. The molecule has 1 aliphatic heterocycles. The van der Waals surface area contributed by atoms with Gasteiger partial charge in [0, 0.05) is 6.42 Å². The third-order valence-corrected chi connectivity index (χ3v) is 13.6. The molecule has 9 nitrogen and oxygen atoms in total. The van der Waals surface area contributed by atoms with E-state index >= 15 is 0 Å². The molecule has 0 aliphatic carbocycles. The van der Waals surface area contributed by atoms with E-state index in [1.54, 1.807) is 6.08 Å². The molecule has 1 aliphatic rings. The fraction of sp³-hybridized carbons (Fsp3) is 0.847. The summed E-state index contributed by atoms with van der Waals surface area (Å²) in [6.45, 7) is 3.79. The van der Waals surface area contributed by atoms with Gasteiger partial charge in [0.2, 0.25) is 5.91 Å². The Labute approximate surface area is 418 Å². The first-order chi connectivity index (χ1) is 33.3. The second-order valence-electron chi connectivity index (χ2n) is 20.1. The van der Waals surface area contributed by atoms with Crippen LogP contribution in [0, 0.1) is 0 Å². The number of aliphatic hydroxyl groups excluding tert-OH is 5. The number of allylic oxidation sites excluding steroid dienone is 7. The molecule has 398 valence electrons. The first-order valence-corrected chi connectivity index (χ1v) is 28.9. The van der Waals surface area contributed by atoms with Gasteiger partial charge in [-0.2, -0.15) is 0 Å². The summed E-state index contributed by atoms with van der Waals surface area (Å²) in [5.41, 5.74) is 0. The van der Waals surface area contributed by atoms with Crippen LogP contribution in [0.2, 0.25) is 0 Å². The van der Waals surface area contributed by atoms with Gasteiger partial charge < -0.3 is 40.3 Å². The van der Waals surface area contributed by atoms with Crippen LogP contribution in [0.5, 0.6) is 0 Å². The van der Waals surface area contributed by atoms with E-state index in [4.69, 9.17) is 9.47 Å². The number of rotatable bonds is 49. The van der Waals surface area contributed by atoms with Crippen LogP contribution in [0.4, 0.5) is 0 Å². The highest BCUT2D eigenvalue weighted by Crippen LogP contribution is 2.23. The average Bonchev–Trinajstić information content (AvgIpc) is 3.34. The van der Waals surface area contributed by atoms with Crippen LogP contribution in [-0.2, 0) is 14.3 Å². The molecule has 7 atom stereocenters. The van der Waals surface area contributed by atoms with Crippen molar-refractivity contribution >= 4 is 5.91 Å². The van der Waals surface area contributed by atoms with Crippen LogP contribution >= 0.6 is 0 Å². The molecule has 1 saturated heterocycles. The quantitative estimate of drug-likeness (QED) is 0.0261. The number of unbranched alkanes of at least 4 members (excludes halogenated alkanes) is 33. The Bertz CT molecular complexity index is 1210. The van der Waals surface area contributed by atoms with Crippen molar-refractivity contribution in [3.63, 3.8) is 0 Å². The van der Waals surface area contributed by atoms with Crippen molar-refractivity contribution < 1.29 is 39.8 Å². The van der Waals surface area contributed by atoms with Gasteiger partial charge in [-0.15, -0.1) is 0 Å². The van der Waals surface area contributed by atoms with Crippen molar-refractivity contribution in [2.45, 2.75) is 307 Å². The van der Waals surface area contributed by atoms with E-state index in [0.29, 0.717) is 6.42 Å². The van der Waals surface area contributed by atoms with Crippen molar-refractivity contribution in [2.24, 2.45) is 0 Å². The lowest BCUT2D eigenvalue weighted by Gasteiger charge is -2.40. The first kappa shape index (κ1) is 64.2. The number of nitrogens with one attached hydrogen (secondary N) is 1. The number of amides is 1. The predicted octanol–water partition coefficient (Wildman–Crippen LogP) is 14.1. The van der Waals surface area contributed by atoms with Gasteiger partial charge in [-0.1, -0.05) is 249 Å². The van der Waals surface area contributed by atoms with E-state index in [1.165, 1.54) is 193 Å². The van der Waals surface area contributed by atoms with E-state index in [-0.39, 0.29) is 12.5 Å². The number of hydrogen-bond acceptors (Lipinski definition) is 8. The van der Waals surface area contributed by atoms with Gasteiger partial charge in [0.25, 0.3) is 0 Å². The molecule has 0 aromatic carbocycles. The third-order valence-electron chi connectivity index (χ3n) is 13.6. The molecule has 0 aromatic rings. The lowest BCUT2D eigenvalue weighted by Crippen LogP contribution is -2.60. The lowest BCUT2D eigenvalue weighted by atomic mass is 9.99. The molecule has 1 amide bonds. The standard InChI is InChI=1S/C59H109NO8/c1-3-5-7-9-11-13-15-17-19-21-23-25-26-27-28-29-31-33-35-37-39-41-43-45-47-49-55(63)60-52(51-67-59-58(66)57(65)56(64)54(50-61)68-59)53(62)48-46-44-42-40-38-36-34-32-30-24-22-20-18-16-14-12-10-8-6-4-2/h15,17,21,23,26-27,46,48,52-54,56-59,61-62,64-66H,3-14,16,18-20,22,24-25,28-45,47,49-51H2,1-2H3,(H,60,63)/b17-15-,23-21-,27-26-,48-46+. The fourth-order valence-electron chi connectivity index (χ4n) is 9.05. The monoisotopic (exact) mass is 960 g/mol. The van der Waals surface area contributed by atoms with E-state index in [9.17, 15) is 30.3 Å². The second kappa shape index (κ2) is 48.8. The van der Waals surface area contributed by atoms with Gasteiger partial charge in [0.1, 0.15) is 24.4 Å². The number of carbonyl (C=O) groups excluding carboxylic acids is 1. The maximum absolute atomic E-state index is 13.1. The summed E-state index contributed by atoms with van der Waals surface area (Å²) < 4.78 is 11.3. The largest absolute Gasteiger partial charge is 0.394 e. The normalized spacial score (nSPS) is 19.9. The van der Waals surface area contributed by atoms with Gasteiger partial charge in [0.15, 0.2) is 6.29 Å². The Hall–Kier alpha value is -1.85. The zero-order chi connectivity index (χ0) is 49.4. The van der Waals surface area contributed by atoms with E-state index in [2.05, 4.69) is 55.6 Å². The molecule has 9 heteroatoms. The zero-order valence-corrected chi connectivity index (χ0v) is 44.1. The minimum Gasteiger partial charge on any atom is -0.394 e. The van der Waals surface area contributed by atoms with Crippen molar-refractivity contribution in [1.29, 1.82) is 0 Å². The van der Waals surface area contributed by atoms with Crippen LogP contribution < -0.4 is 5.32 Å². The molecule has 68 heavy (non-hydrogen) atoms. The Morgan fingerprint density at radius 1 is 0.500 bits per heavy atom. The number of ether oxygens (including phenoxy) is 2. The summed E-state index contributed by atoms with van der Waals surface area (Å²) in [5, 5.41) is 54.5. The van der Waals surface area contributed by atoms with Gasteiger partial charge in [-0.3, -0.25) is 4.79 Å². The number of aliphatic hydroxyl groups is 5. The van der Waals surface area contributed by atoms with Gasteiger partial charge in [0.05, 0.1) is 25.4 Å². The molecule has 0 saturated carbocycles. The summed E-state index contributed by atoms with van der Waals surface area (Å²) in [6, 6.07) is -0.809. The molecule has 0 spiro atoms. The van der Waals surface area contributed by atoms with Crippen molar-refractivity contribution in [2.75, 3.05) is 13.2 Å². The highest BCUT2D eigenvalue weighted by Gasteiger charge is 2.44. The van der Waals surface area contributed by atoms with E-state index in [1.807, 2.05) is 6.08 Å². The average molecular weight is 961 g/mol. The van der Waals surface area contributed by atoms with Crippen LogP contribution in [0.25, 0.3) is 0 Å². The summed E-state index contributed by atoms with van der Waals surface area (Å²) >= 11 is 0. The minimum absolute atomic E-state index is 0.179. The summed E-state index contributed by atoms with van der Waals surface area (Å²) in [6.07, 6.45) is 57.4. The molecule has 1 fully saturated rings. The Morgan fingerprint density at radius 3 is 1.28 bits per heavy atom. The summed E-state index contributed by atoms with van der Waals surface area (Å²) in [4.78, 5) is 13.1. The molecule has 1 heterocycles. The Balaban J connectivity index is 2.24. The minimum atomic E-state index is -1.57. The van der Waals surface area contributed by atoms with Gasteiger partial charge >= 0.3 is 0 Å². The van der Waals surface area contributed by atoms with Crippen LogP contribution in [-0.4, -0.2) is 87.5 Å². The van der Waals surface area contributed by atoms with Crippen molar-refractivity contribution in [3.8, 4) is 0 Å². The molecular weight excluding hydrogens is 851 g/mol. The first-order valence-electron chi connectivity index (χ1n) is 28.9. The third kappa shape index (κ3) is 37.9. The molecule has 0 bridgehead atoms. The molecule has 1 rings (SSSR count). The van der Waals surface area contributed by atoms with Crippen LogP contribution in [0.3, 0.4) is 0 Å². The predicted molar refractivity (Wildman–Crippen MR) is 286 cm³/mol. The van der Waals surface area contributed by atoms with Gasteiger partial charge in [-0.05, 0) is 57.8 Å². The van der Waals surface area contributed by atoms with Crippen LogP contribution in [0.15, 0.2) is 48.6 Å². The van der Waals surface area contributed by atoms with Crippen LogP contribution in [0.1, 0.15) is 264 Å². The molecule has 6 N–H and O–H groups in total. The second-order valence-corrected chi connectivity index (χ2v) is 20.1. The topological polar surface area (TPSA) is 149 Å². The Kier molecular flexibility index (Phi) is 46.0. The molecule has 7 unspecified atom stereocenters.